The first kappa shape index (κ1) is 10.5. The Kier molecular flexibility index (Phi) is 2.65. The molecule has 88 valence electrons. The highest BCUT2D eigenvalue weighted by Crippen LogP contribution is 2.24. The molecule has 0 unspecified atom stereocenters. The van der Waals surface area contributed by atoms with Crippen molar-refractivity contribution in [2.45, 2.75) is 25.8 Å². The van der Waals surface area contributed by atoms with Gasteiger partial charge in [-0.1, -0.05) is 36.3 Å². The van der Waals surface area contributed by atoms with E-state index in [4.69, 9.17) is 4.52 Å². The summed E-state index contributed by atoms with van der Waals surface area (Å²) >= 11 is 0. The van der Waals surface area contributed by atoms with E-state index in [1.54, 1.807) is 0 Å². The molecular formula is C13H15N3O. The summed E-state index contributed by atoms with van der Waals surface area (Å²) in [5.74, 6) is 1.38. The molecule has 0 aliphatic carbocycles. The van der Waals surface area contributed by atoms with Gasteiger partial charge in [0.15, 0.2) is 0 Å². The van der Waals surface area contributed by atoms with Crippen LogP contribution in [0, 0.1) is 0 Å². The van der Waals surface area contributed by atoms with Crippen LogP contribution in [0.4, 0.5) is 0 Å². The standard InChI is InChI=1S/C13H15N3O/c1-2-9-3-5-10(6-4-9)12-15-13(17-16-12)11-7-8-14-11/h3-6,11,14H,2,7-8H2,1H3/t11-/m1/s1. The average molecular weight is 229 g/mol. The van der Waals surface area contributed by atoms with E-state index in [0.717, 1.165) is 24.9 Å². The molecule has 4 heteroatoms. The lowest BCUT2D eigenvalue weighted by Gasteiger charge is -2.23. The van der Waals surface area contributed by atoms with Crippen molar-refractivity contribution in [1.29, 1.82) is 0 Å². The van der Waals surface area contributed by atoms with Crippen molar-refractivity contribution in [2.75, 3.05) is 6.54 Å². The monoisotopic (exact) mass is 229 g/mol. The van der Waals surface area contributed by atoms with Crippen LogP contribution >= 0.6 is 0 Å². The second-order valence-corrected chi connectivity index (χ2v) is 4.30. The Bertz CT molecular complexity index is 500. The molecule has 2 aromatic rings. The highest BCUT2D eigenvalue weighted by atomic mass is 16.5. The maximum Gasteiger partial charge on any atom is 0.244 e. The molecular weight excluding hydrogens is 214 g/mol. The van der Waals surface area contributed by atoms with E-state index in [2.05, 4.69) is 34.5 Å². The summed E-state index contributed by atoms with van der Waals surface area (Å²) in [6.45, 7) is 3.18. The number of benzene rings is 1. The molecule has 1 aromatic heterocycles. The van der Waals surface area contributed by atoms with E-state index in [1.165, 1.54) is 5.56 Å². The zero-order valence-electron chi connectivity index (χ0n) is 9.81. The van der Waals surface area contributed by atoms with Gasteiger partial charge in [0.2, 0.25) is 11.7 Å². The lowest BCUT2D eigenvalue weighted by Crippen LogP contribution is -2.35. The molecule has 17 heavy (non-hydrogen) atoms. The van der Waals surface area contributed by atoms with Crippen molar-refractivity contribution in [3.8, 4) is 11.4 Å². The van der Waals surface area contributed by atoms with Crippen LogP contribution in [-0.4, -0.2) is 16.7 Å². The summed E-state index contributed by atoms with van der Waals surface area (Å²) in [6, 6.07) is 8.55. The number of aryl methyl sites for hydroxylation is 1. The molecule has 2 heterocycles. The molecule has 0 bridgehead atoms. The molecule has 1 aliphatic rings. The molecule has 0 spiro atoms. The number of hydrogen-bond donors (Lipinski definition) is 1. The van der Waals surface area contributed by atoms with Gasteiger partial charge in [-0.25, -0.2) is 0 Å². The van der Waals surface area contributed by atoms with Crippen LogP contribution < -0.4 is 5.32 Å². The summed E-state index contributed by atoms with van der Waals surface area (Å²) in [5, 5.41) is 7.27. The number of nitrogens with one attached hydrogen (secondary N) is 1. The van der Waals surface area contributed by atoms with Gasteiger partial charge in [-0.3, -0.25) is 0 Å². The van der Waals surface area contributed by atoms with Gasteiger partial charge in [-0.2, -0.15) is 4.98 Å². The molecule has 0 saturated carbocycles. The van der Waals surface area contributed by atoms with E-state index in [9.17, 15) is 0 Å². The molecule has 3 rings (SSSR count). The van der Waals surface area contributed by atoms with Gasteiger partial charge in [0, 0.05) is 5.56 Å². The third-order valence-corrected chi connectivity index (χ3v) is 3.18. The predicted octanol–water partition coefficient (Wildman–Crippen LogP) is 2.33. The van der Waals surface area contributed by atoms with Crippen molar-refractivity contribution in [2.24, 2.45) is 0 Å². The summed E-state index contributed by atoms with van der Waals surface area (Å²) < 4.78 is 5.26. The van der Waals surface area contributed by atoms with Crippen LogP contribution in [0.1, 0.15) is 30.8 Å². The number of aromatic nitrogens is 2. The predicted molar refractivity (Wildman–Crippen MR) is 64.5 cm³/mol. The lowest BCUT2D eigenvalue weighted by molar-refractivity contribution is 0.273. The van der Waals surface area contributed by atoms with Crippen molar-refractivity contribution in [1.82, 2.24) is 15.5 Å². The minimum absolute atomic E-state index is 0.256. The minimum atomic E-state index is 0.256. The molecule has 4 nitrogen and oxygen atoms in total. The van der Waals surface area contributed by atoms with Crippen LogP contribution in [0.25, 0.3) is 11.4 Å². The molecule has 0 amide bonds. The Balaban J connectivity index is 1.84. The van der Waals surface area contributed by atoms with Gasteiger partial charge in [0.05, 0.1) is 6.04 Å². The Hall–Kier alpha value is -1.68. The SMILES string of the molecule is CCc1ccc(-c2noc([C@H]3CCN3)n2)cc1. The zero-order valence-corrected chi connectivity index (χ0v) is 9.81. The van der Waals surface area contributed by atoms with Crippen molar-refractivity contribution < 1.29 is 4.52 Å². The fourth-order valence-corrected chi connectivity index (χ4v) is 1.88. The van der Waals surface area contributed by atoms with E-state index < -0.39 is 0 Å². The highest BCUT2D eigenvalue weighted by molar-refractivity contribution is 5.54. The zero-order chi connectivity index (χ0) is 11.7. The summed E-state index contributed by atoms with van der Waals surface area (Å²) in [7, 11) is 0. The maximum absolute atomic E-state index is 5.26. The fraction of sp³-hybridized carbons (Fsp3) is 0.385. The second kappa shape index (κ2) is 4.30. The molecule has 1 aromatic carbocycles. The number of nitrogens with zero attached hydrogens (tertiary/aromatic N) is 2. The van der Waals surface area contributed by atoms with Crippen LogP contribution in [0.5, 0.6) is 0 Å². The first-order valence-corrected chi connectivity index (χ1v) is 6.03. The Labute approximate surface area is 100 Å². The minimum Gasteiger partial charge on any atom is -0.337 e. The van der Waals surface area contributed by atoms with E-state index in [-0.39, 0.29) is 6.04 Å². The quantitative estimate of drug-likeness (QED) is 0.877. The third-order valence-electron chi connectivity index (χ3n) is 3.18. The average Bonchev–Trinajstić information content (AvgIpc) is 2.76. The largest absolute Gasteiger partial charge is 0.337 e. The van der Waals surface area contributed by atoms with E-state index in [0.29, 0.717) is 11.7 Å². The summed E-state index contributed by atoms with van der Waals surface area (Å²) in [5.41, 5.74) is 2.33. The lowest BCUT2D eigenvalue weighted by atomic mass is 10.1. The van der Waals surface area contributed by atoms with Crippen molar-refractivity contribution in [3.63, 3.8) is 0 Å². The molecule has 1 atom stereocenters. The van der Waals surface area contributed by atoms with Crippen LogP contribution in [0.2, 0.25) is 0 Å². The van der Waals surface area contributed by atoms with Gasteiger partial charge in [0.25, 0.3) is 0 Å². The maximum atomic E-state index is 5.26. The number of rotatable bonds is 3. The topological polar surface area (TPSA) is 51.0 Å². The fourth-order valence-electron chi connectivity index (χ4n) is 1.88. The summed E-state index contributed by atoms with van der Waals surface area (Å²) in [4.78, 5) is 4.42. The van der Waals surface area contributed by atoms with Gasteiger partial charge in [-0.05, 0) is 24.9 Å². The van der Waals surface area contributed by atoms with Gasteiger partial charge in [0.1, 0.15) is 0 Å². The third kappa shape index (κ3) is 1.96. The second-order valence-electron chi connectivity index (χ2n) is 4.30. The summed E-state index contributed by atoms with van der Waals surface area (Å²) in [6.07, 6.45) is 2.13. The van der Waals surface area contributed by atoms with Gasteiger partial charge >= 0.3 is 0 Å². The van der Waals surface area contributed by atoms with Gasteiger partial charge in [-0.15, -0.1) is 0 Å². The molecule has 1 fully saturated rings. The van der Waals surface area contributed by atoms with Gasteiger partial charge < -0.3 is 9.84 Å². The van der Waals surface area contributed by atoms with Crippen molar-refractivity contribution >= 4 is 0 Å². The molecule has 1 aliphatic heterocycles. The molecule has 1 N–H and O–H groups in total. The first-order valence-electron chi connectivity index (χ1n) is 6.03. The van der Waals surface area contributed by atoms with Crippen LogP contribution in [0.3, 0.4) is 0 Å². The van der Waals surface area contributed by atoms with E-state index >= 15 is 0 Å². The molecule has 0 radical (unpaired) electrons. The first-order chi connectivity index (χ1) is 8.36. The normalized spacial score (nSPS) is 19.0. The Morgan fingerprint density at radius 2 is 2.12 bits per heavy atom. The number of hydrogen-bond acceptors (Lipinski definition) is 4. The Morgan fingerprint density at radius 3 is 2.71 bits per heavy atom. The highest BCUT2D eigenvalue weighted by Gasteiger charge is 2.24. The Morgan fingerprint density at radius 1 is 1.35 bits per heavy atom. The van der Waals surface area contributed by atoms with Crippen LogP contribution in [-0.2, 0) is 6.42 Å². The van der Waals surface area contributed by atoms with Crippen molar-refractivity contribution in [3.05, 3.63) is 35.7 Å². The van der Waals surface area contributed by atoms with Crippen LogP contribution in [0.15, 0.2) is 28.8 Å². The van der Waals surface area contributed by atoms with E-state index in [1.807, 2.05) is 12.1 Å². The molecule has 1 saturated heterocycles. The smallest absolute Gasteiger partial charge is 0.244 e.